The van der Waals surface area contributed by atoms with Crippen LogP contribution in [-0.4, -0.2) is 18.2 Å². The lowest BCUT2D eigenvalue weighted by atomic mass is 9.95. The Balaban J connectivity index is 1.73. The third kappa shape index (κ3) is 3.50. The van der Waals surface area contributed by atoms with E-state index in [1.54, 1.807) is 7.11 Å². The van der Waals surface area contributed by atoms with Crippen molar-refractivity contribution in [2.75, 3.05) is 7.11 Å². The van der Waals surface area contributed by atoms with Crippen LogP contribution in [0.4, 0.5) is 0 Å². The summed E-state index contributed by atoms with van der Waals surface area (Å²) in [5.41, 5.74) is 2.89. The molecule has 0 bridgehead atoms. The molecule has 1 aliphatic carbocycles. The first-order valence-electron chi connectivity index (χ1n) is 9.34. The second kappa shape index (κ2) is 8.07. The van der Waals surface area contributed by atoms with Crippen molar-refractivity contribution < 1.29 is 14.1 Å². The number of aryl methyl sites for hydroxylation is 1. The molecule has 0 radical (unpaired) electrons. The van der Waals surface area contributed by atoms with Crippen molar-refractivity contribution in [2.24, 2.45) is 0 Å². The SMILES string of the molecule is COc1ccccc1[C@H](NC(=O)c1noc2c1CCCC2)c1ccccc1Cl. The number of hydrogen-bond acceptors (Lipinski definition) is 4. The van der Waals surface area contributed by atoms with E-state index < -0.39 is 6.04 Å². The van der Waals surface area contributed by atoms with E-state index in [1.807, 2.05) is 48.5 Å². The fourth-order valence-corrected chi connectivity index (χ4v) is 3.94. The molecule has 0 unspecified atom stereocenters. The Hall–Kier alpha value is -2.79. The van der Waals surface area contributed by atoms with E-state index in [9.17, 15) is 4.79 Å². The fraction of sp³-hybridized carbons (Fsp3) is 0.273. The van der Waals surface area contributed by atoms with Gasteiger partial charge in [0.05, 0.1) is 13.2 Å². The topological polar surface area (TPSA) is 64.4 Å². The monoisotopic (exact) mass is 396 g/mol. The molecule has 0 aliphatic heterocycles. The van der Waals surface area contributed by atoms with Crippen LogP contribution in [0.15, 0.2) is 53.1 Å². The molecule has 144 valence electrons. The molecule has 1 N–H and O–H groups in total. The molecular formula is C22H21ClN2O3. The number of carbonyl (C=O) groups excluding carboxylic acids is 1. The summed E-state index contributed by atoms with van der Waals surface area (Å²) in [5.74, 6) is 1.22. The first kappa shape index (κ1) is 18.6. The van der Waals surface area contributed by atoms with Crippen molar-refractivity contribution in [3.63, 3.8) is 0 Å². The Kier molecular flexibility index (Phi) is 5.35. The number of benzene rings is 2. The van der Waals surface area contributed by atoms with Gasteiger partial charge in [-0.25, -0.2) is 0 Å². The molecule has 1 aliphatic rings. The lowest BCUT2D eigenvalue weighted by molar-refractivity contribution is 0.0932. The molecule has 2 aromatic carbocycles. The molecule has 6 heteroatoms. The maximum Gasteiger partial charge on any atom is 0.274 e. The van der Waals surface area contributed by atoms with Crippen LogP contribution in [0.5, 0.6) is 5.75 Å². The van der Waals surface area contributed by atoms with Crippen molar-refractivity contribution in [2.45, 2.75) is 31.7 Å². The van der Waals surface area contributed by atoms with Crippen molar-refractivity contribution >= 4 is 17.5 Å². The molecule has 4 rings (SSSR count). The van der Waals surface area contributed by atoms with Crippen LogP contribution in [0.1, 0.15) is 51.8 Å². The van der Waals surface area contributed by atoms with Crippen molar-refractivity contribution in [3.8, 4) is 5.75 Å². The molecule has 0 saturated heterocycles. The Morgan fingerprint density at radius 1 is 1.11 bits per heavy atom. The van der Waals surface area contributed by atoms with Gasteiger partial charge >= 0.3 is 0 Å². The number of aromatic nitrogens is 1. The van der Waals surface area contributed by atoms with Crippen molar-refractivity contribution in [1.29, 1.82) is 0 Å². The zero-order chi connectivity index (χ0) is 19.5. The normalized spacial score (nSPS) is 14.2. The van der Waals surface area contributed by atoms with Gasteiger partial charge in [0.2, 0.25) is 0 Å². The number of carbonyl (C=O) groups is 1. The number of nitrogens with one attached hydrogen (secondary N) is 1. The standard InChI is InChI=1S/C22H21ClN2O3/c1-27-18-12-6-3-9-15(18)20(14-8-2-5-11-17(14)23)24-22(26)21-16-10-4-7-13-19(16)28-25-21/h2-3,5-6,8-9,11-12,20H,4,7,10,13H2,1H3,(H,24,26)/t20-/m1/s1. The number of halogens is 1. The Labute approximate surface area is 168 Å². The summed E-state index contributed by atoms with van der Waals surface area (Å²) in [6.45, 7) is 0. The van der Waals surface area contributed by atoms with Crippen LogP contribution < -0.4 is 10.1 Å². The number of amides is 1. The number of hydrogen-bond donors (Lipinski definition) is 1. The second-order valence-electron chi connectivity index (χ2n) is 6.81. The van der Waals surface area contributed by atoms with E-state index in [0.29, 0.717) is 16.5 Å². The minimum absolute atomic E-state index is 0.275. The molecule has 1 heterocycles. The molecular weight excluding hydrogens is 376 g/mol. The van der Waals surface area contributed by atoms with E-state index in [0.717, 1.165) is 48.1 Å². The van der Waals surface area contributed by atoms with Gasteiger partial charge in [-0.05, 0) is 37.0 Å². The summed E-state index contributed by atoms with van der Waals surface area (Å²) in [7, 11) is 1.61. The molecule has 28 heavy (non-hydrogen) atoms. The summed E-state index contributed by atoms with van der Waals surface area (Å²) in [5, 5.41) is 7.71. The molecule has 1 amide bonds. The largest absolute Gasteiger partial charge is 0.496 e. The van der Waals surface area contributed by atoms with Gasteiger partial charge in [-0.1, -0.05) is 53.2 Å². The van der Waals surface area contributed by atoms with E-state index in [2.05, 4.69) is 10.5 Å². The smallest absolute Gasteiger partial charge is 0.274 e. The van der Waals surface area contributed by atoms with Gasteiger partial charge in [0.15, 0.2) is 5.69 Å². The predicted octanol–water partition coefficient (Wildman–Crippen LogP) is 4.73. The average molecular weight is 397 g/mol. The molecule has 0 spiro atoms. The van der Waals surface area contributed by atoms with E-state index in [-0.39, 0.29) is 5.91 Å². The van der Waals surface area contributed by atoms with Crippen molar-refractivity contribution in [3.05, 3.63) is 81.7 Å². The van der Waals surface area contributed by atoms with Crippen LogP contribution in [-0.2, 0) is 12.8 Å². The van der Waals surface area contributed by atoms with E-state index in [1.165, 1.54) is 0 Å². The lowest BCUT2D eigenvalue weighted by Gasteiger charge is -2.22. The van der Waals surface area contributed by atoms with Gasteiger partial charge in [-0.2, -0.15) is 0 Å². The molecule has 5 nitrogen and oxygen atoms in total. The highest BCUT2D eigenvalue weighted by Crippen LogP contribution is 2.34. The number of methoxy groups -OCH3 is 1. The first-order chi connectivity index (χ1) is 13.7. The number of fused-ring (bicyclic) bond motifs is 1. The quantitative estimate of drug-likeness (QED) is 0.676. The van der Waals surface area contributed by atoms with Crippen LogP contribution >= 0.6 is 11.6 Å². The van der Waals surface area contributed by atoms with E-state index >= 15 is 0 Å². The zero-order valence-corrected chi connectivity index (χ0v) is 16.3. The van der Waals surface area contributed by atoms with Gasteiger partial charge in [0.25, 0.3) is 5.91 Å². The molecule has 0 fully saturated rings. The molecule has 1 aromatic heterocycles. The highest BCUT2D eigenvalue weighted by molar-refractivity contribution is 6.31. The Bertz CT molecular complexity index is 999. The Morgan fingerprint density at radius 2 is 1.82 bits per heavy atom. The highest BCUT2D eigenvalue weighted by Gasteiger charge is 2.28. The summed E-state index contributed by atoms with van der Waals surface area (Å²) in [4.78, 5) is 13.1. The van der Waals surface area contributed by atoms with Crippen LogP contribution in [0.2, 0.25) is 5.02 Å². The van der Waals surface area contributed by atoms with E-state index in [4.69, 9.17) is 20.9 Å². The fourth-order valence-electron chi connectivity index (χ4n) is 3.70. The van der Waals surface area contributed by atoms with Gasteiger partial charge in [-0.15, -0.1) is 0 Å². The predicted molar refractivity (Wildman–Crippen MR) is 107 cm³/mol. The van der Waals surface area contributed by atoms with Crippen molar-refractivity contribution in [1.82, 2.24) is 10.5 Å². The minimum Gasteiger partial charge on any atom is -0.496 e. The number of para-hydroxylation sites is 1. The van der Waals surface area contributed by atoms with Crippen LogP contribution in [0.3, 0.4) is 0 Å². The lowest BCUT2D eigenvalue weighted by Crippen LogP contribution is -2.31. The number of rotatable bonds is 5. The Morgan fingerprint density at radius 3 is 2.61 bits per heavy atom. The first-order valence-corrected chi connectivity index (χ1v) is 9.72. The second-order valence-corrected chi connectivity index (χ2v) is 7.22. The summed E-state index contributed by atoms with van der Waals surface area (Å²) in [6, 6.07) is 14.6. The maximum absolute atomic E-state index is 13.1. The molecule has 1 atom stereocenters. The molecule has 3 aromatic rings. The van der Waals surface area contributed by atoms with Gasteiger partial charge in [-0.3, -0.25) is 4.79 Å². The summed E-state index contributed by atoms with van der Waals surface area (Å²) in [6.07, 6.45) is 3.74. The van der Waals surface area contributed by atoms with Gasteiger partial charge < -0.3 is 14.6 Å². The van der Waals surface area contributed by atoms with Crippen LogP contribution in [0.25, 0.3) is 0 Å². The zero-order valence-electron chi connectivity index (χ0n) is 15.6. The number of ether oxygens (including phenoxy) is 1. The highest BCUT2D eigenvalue weighted by atomic mass is 35.5. The van der Waals surface area contributed by atoms with Gasteiger partial charge in [0.1, 0.15) is 11.5 Å². The minimum atomic E-state index is -0.478. The number of nitrogens with zero attached hydrogens (tertiary/aromatic N) is 1. The van der Waals surface area contributed by atoms with Crippen LogP contribution in [0, 0.1) is 0 Å². The third-order valence-electron chi connectivity index (χ3n) is 5.11. The summed E-state index contributed by atoms with van der Waals surface area (Å²) < 4.78 is 10.9. The molecule has 0 saturated carbocycles. The summed E-state index contributed by atoms with van der Waals surface area (Å²) >= 11 is 6.46. The third-order valence-corrected chi connectivity index (χ3v) is 5.45. The van der Waals surface area contributed by atoms with Gasteiger partial charge in [0, 0.05) is 22.6 Å². The average Bonchev–Trinajstić information content (AvgIpc) is 3.17. The maximum atomic E-state index is 13.1.